The van der Waals surface area contributed by atoms with Crippen LogP contribution in [0.25, 0.3) is 0 Å². The van der Waals surface area contributed by atoms with Crippen molar-refractivity contribution in [2.75, 3.05) is 18.6 Å². The van der Waals surface area contributed by atoms with Gasteiger partial charge < -0.3 is 9.47 Å². The van der Waals surface area contributed by atoms with E-state index in [0.717, 1.165) is 0 Å². The van der Waals surface area contributed by atoms with Crippen molar-refractivity contribution in [2.24, 2.45) is 0 Å². The molecule has 3 aromatic rings. The Labute approximate surface area is 180 Å². The number of nitrogens with one attached hydrogen (secondary N) is 1. The molecule has 1 N–H and O–H groups in total. The number of benzene rings is 2. The molecule has 1 aromatic heterocycles. The van der Waals surface area contributed by atoms with Crippen molar-refractivity contribution in [3.63, 3.8) is 0 Å². The molecule has 7 heteroatoms. The number of aryl methyl sites for hydroxylation is 1. The summed E-state index contributed by atoms with van der Waals surface area (Å²) in [4.78, 5) is 37.6. The number of hydrogen-bond donors (Lipinski definition) is 1. The lowest BCUT2D eigenvalue weighted by Gasteiger charge is -2.12. The zero-order chi connectivity index (χ0) is 22.4. The average molecular weight is 420 g/mol. The van der Waals surface area contributed by atoms with E-state index in [2.05, 4.69) is 5.43 Å². The first-order valence-electron chi connectivity index (χ1n) is 9.89. The highest BCUT2D eigenvalue weighted by molar-refractivity contribution is 6.02. The van der Waals surface area contributed by atoms with E-state index in [0.29, 0.717) is 34.9 Å². The third-order valence-corrected chi connectivity index (χ3v) is 4.72. The number of amides is 1. The molecule has 7 nitrogen and oxygen atoms in total. The number of Topliss-reactive ketones (excluding diaryl/α,β-unsaturated/α-hetero) is 1. The molecule has 0 radical (unpaired) electrons. The number of rotatable bonds is 8. The van der Waals surface area contributed by atoms with Crippen molar-refractivity contribution < 1.29 is 23.9 Å². The van der Waals surface area contributed by atoms with Crippen LogP contribution in [0.5, 0.6) is 5.75 Å². The van der Waals surface area contributed by atoms with E-state index in [1.54, 1.807) is 73.1 Å². The van der Waals surface area contributed by atoms with Crippen LogP contribution in [0.4, 0.5) is 0 Å². The van der Waals surface area contributed by atoms with Crippen LogP contribution in [0.15, 0.2) is 60.7 Å². The second-order valence-electron chi connectivity index (χ2n) is 6.86. The van der Waals surface area contributed by atoms with E-state index >= 15 is 0 Å². The number of para-hydroxylation sites is 1. The lowest BCUT2D eigenvalue weighted by atomic mass is 10.1. The van der Waals surface area contributed by atoms with Gasteiger partial charge in [-0.25, -0.2) is 4.79 Å². The molecule has 0 aliphatic rings. The number of esters is 1. The standard InChI is InChI=1S/C24H24N2O5/c1-4-30-22-13-9-8-12-19(22)24(29)31-15-21(27)20-14-16(2)26(17(20)3)25-23(28)18-10-6-5-7-11-18/h5-14H,4,15H2,1-3H3,(H,25,28). The zero-order valence-electron chi connectivity index (χ0n) is 17.7. The molecule has 1 heterocycles. The molecule has 0 aliphatic heterocycles. The number of carbonyl (C=O) groups is 3. The molecule has 0 bridgehead atoms. The van der Waals surface area contributed by atoms with E-state index in [1.165, 1.54) is 0 Å². The Balaban J connectivity index is 1.70. The zero-order valence-corrected chi connectivity index (χ0v) is 17.7. The van der Waals surface area contributed by atoms with Gasteiger partial charge in [0, 0.05) is 22.5 Å². The van der Waals surface area contributed by atoms with Gasteiger partial charge in [-0.05, 0) is 51.1 Å². The Morgan fingerprint density at radius 3 is 2.32 bits per heavy atom. The molecule has 0 atom stereocenters. The molecule has 160 valence electrons. The van der Waals surface area contributed by atoms with E-state index < -0.39 is 12.6 Å². The monoisotopic (exact) mass is 420 g/mol. The Kier molecular flexibility index (Phi) is 6.87. The summed E-state index contributed by atoms with van der Waals surface area (Å²) in [6, 6.07) is 17.2. The van der Waals surface area contributed by atoms with Crippen LogP contribution in [0.2, 0.25) is 0 Å². The van der Waals surface area contributed by atoms with Crippen LogP contribution >= 0.6 is 0 Å². The normalized spacial score (nSPS) is 10.4. The Morgan fingerprint density at radius 2 is 1.61 bits per heavy atom. The minimum absolute atomic E-state index is 0.262. The fourth-order valence-corrected chi connectivity index (χ4v) is 3.18. The number of ketones is 1. The van der Waals surface area contributed by atoms with Gasteiger partial charge in [0.25, 0.3) is 5.91 Å². The van der Waals surface area contributed by atoms with Crippen molar-refractivity contribution in [1.29, 1.82) is 0 Å². The van der Waals surface area contributed by atoms with Crippen molar-refractivity contribution in [1.82, 2.24) is 4.68 Å². The van der Waals surface area contributed by atoms with Gasteiger partial charge in [-0.2, -0.15) is 0 Å². The van der Waals surface area contributed by atoms with Crippen molar-refractivity contribution >= 4 is 17.7 Å². The molecule has 1 amide bonds. The predicted molar refractivity (Wildman–Crippen MR) is 116 cm³/mol. The Bertz CT molecular complexity index is 1100. The highest BCUT2D eigenvalue weighted by Gasteiger charge is 2.20. The largest absolute Gasteiger partial charge is 0.493 e. The molecular formula is C24H24N2O5. The lowest BCUT2D eigenvalue weighted by molar-refractivity contribution is 0.0470. The molecular weight excluding hydrogens is 396 g/mol. The van der Waals surface area contributed by atoms with Crippen LogP contribution in [0.3, 0.4) is 0 Å². The second-order valence-corrected chi connectivity index (χ2v) is 6.86. The van der Waals surface area contributed by atoms with Crippen molar-refractivity contribution in [3.05, 3.63) is 88.7 Å². The summed E-state index contributed by atoms with van der Waals surface area (Å²) in [6.07, 6.45) is 0. The molecule has 0 saturated carbocycles. The van der Waals surface area contributed by atoms with Crippen LogP contribution in [0.1, 0.15) is 49.4 Å². The molecule has 0 fully saturated rings. The number of nitrogens with zero attached hydrogens (tertiary/aromatic N) is 1. The van der Waals surface area contributed by atoms with Gasteiger partial charge in [-0.1, -0.05) is 30.3 Å². The molecule has 0 unspecified atom stereocenters. The van der Waals surface area contributed by atoms with Gasteiger partial charge in [0.05, 0.1) is 6.61 Å². The van der Waals surface area contributed by atoms with E-state index in [-0.39, 0.29) is 17.3 Å². The average Bonchev–Trinajstić information content (AvgIpc) is 3.06. The molecule has 31 heavy (non-hydrogen) atoms. The van der Waals surface area contributed by atoms with Crippen LogP contribution < -0.4 is 10.2 Å². The quantitative estimate of drug-likeness (QED) is 0.441. The molecule has 0 spiro atoms. The summed E-state index contributed by atoms with van der Waals surface area (Å²) in [5, 5.41) is 0. The number of hydrogen-bond acceptors (Lipinski definition) is 5. The van der Waals surface area contributed by atoms with E-state index in [9.17, 15) is 14.4 Å². The first kappa shape index (κ1) is 21.8. The van der Waals surface area contributed by atoms with Gasteiger partial charge in [0.2, 0.25) is 5.78 Å². The topological polar surface area (TPSA) is 86.6 Å². The van der Waals surface area contributed by atoms with Crippen LogP contribution in [0, 0.1) is 13.8 Å². The maximum Gasteiger partial charge on any atom is 0.342 e. The predicted octanol–water partition coefficient (Wildman–Crippen LogP) is 3.93. The highest BCUT2D eigenvalue weighted by atomic mass is 16.5. The number of carbonyl (C=O) groups excluding carboxylic acids is 3. The molecule has 2 aromatic carbocycles. The fraction of sp³-hybridized carbons (Fsp3) is 0.208. The summed E-state index contributed by atoms with van der Waals surface area (Å²) < 4.78 is 12.2. The third kappa shape index (κ3) is 5.01. The van der Waals surface area contributed by atoms with Gasteiger partial charge in [0.1, 0.15) is 11.3 Å². The van der Waals surface area contributed by atoms with Crippen LogP contribution in [-0.4, -0.2) is 35.5 Å². The summed E-state index contributed by atoms with van der Waals surface area (Å²) >= 11 is 0. The smallest absolute Gasteiger partial charge is 0.342 e. The Morgan fingerprint density at radius 1 is 0.935 bits per heavy atom. The maximum atomic E-state index is 12.7. The van der Waals surface area contributed by atoms with Gasteiger partial charge in [-0.3, -0.25) is 19.7 Å². The molecule has 0 aliphatic carbocycles. The van der Waals surface area contributed by atoms with Crippen molar-refractivity contribution in [2.45, 2.75) is 20.8 Å². The van der Waals surface area contributed by atoms with Crippen LogP contribution in [-0.2, 0) is 4.74 Å². The summed E-state index contributed by atoms with van der Waals surface area (Å²) in [7, 11) is 0. The SMILES string of the molecule is CCOc1ccccc1C(=O)OCC(=O)c1cc(C)n(NC(=O)c2ccccc2)c1C. The fourth-order valence-electron chi connectivity index (χ4n) is 3.18. The summed E-state index contributed by atoms with van der Waals surface area (Å²) in [5.41, 5.74) is 5.15. The highest BCUT2D eigenvalue weighted by Crippen LogP contribution is 2.20. The second kappa shape index (κ2) is 9.75. The minimum atomic E-state index is -0.636. The maximum absolute atomic E-state index is 12.7. The number of aromatic nitrogens is 1. The van der Waals surface area contributed by atoms with Crippen molar-refractivity contribution in [3.8, 4) is 5.75 Å². The first-order chi connectivity index (χ1) is 14.9. The summed E-state index contributed by atoms with van der Waals surface area (Å²) in [6.45, 7) is 5.30. The Hall–Kier alpha value is -3.87. The van der Waals surface area contributed by atoms with Gasteiger partial charge in [-0.15, -0.1) is 0 Å². The molecule has 3 rings (SSSR count). The van der Waals surface area contributed by atoms with Gasteiger partial charge >= 0.3 is 5.97 Å². The third-order valence-electron chi connectivity index (χ3n) is 4.72. The lowest BCUT2D eigenvalue weighted by Crippen LogP contribution is -2.25. The van der Waals surface area contributed by atoms with E-state index in [1.807, 2.05) is 13.0 Å². The molecule has 0 saturated heterocycles. The number of ether oxygens (including phenoxy) is 2. The van der Waals surface area contributed by atoms with E-state index in [4.69, 9.17) is 9.47 Å². The minimum Gasteiger partial charge on any atom is -0.493 e. The summed E-state index contributed by atoms with van der Waals surface area (Å²) in [5.74, 6) is -0.885. The van der Waals surface area contributed by atoms with Gasteiger partial charge in [0.15, 0.2) is 6.61 Å². The first-order valence-corrected chi connectivity index (χ1v) is 9.89.